The van der Waals surface area contributed by atoms with Crippen molar-refractivity contribution in [3.8, 4) is 0 Å². The van der Waals surface area contributed by atoms with Crippen molar-refractivity contribution >= 4 is 23.8 Å². The molecule has 1 aromatic heterocycles. The van der Waals surface area contributed by atoms with Crippen LogP contribution in [0.5, 0.6) is 0 Å². The summed E-state index contributed by atoms with van der Waals surface area (Å²) in [5.41, 5.74) is 3.16. The van der Waals surface area contributed by atoms with E-state index in [-0.39, 0.29) is 30.6 Å². The van der Waals surface area contributed by atoms with Gasteiger partial charge in [-0.1, -0.05) is 44.7 Å². The number of benzene rings is 1. The quantitative estimate of drug-likeness (QED) is 0.580. The second-order valence-corrected chi connectivity index (χ2v) is 9.51. The van der Waals surface area contributed by atoms with Crippen LogP contribution in [-0.2, 0) is 22.7 Å². The Bertz CT molecular complexity index is 1060. The fraction of sp³-hybridized carbons (Fsp3) is 0.462. The van der Waals surface area contributed by atoms with Crippen LogP contribution < -0.4 is 10.2 Å². The first-order chi connectivity index (χ1) is 16.8. The standard InChI is InChI=1S/C26H34N6O3/c1-5-23(33)31-12-10-30(11-13-31)16-20-6-8-21(9-7-20)19(4)28-25-27-14-22-17-35-26(34)32(15-18(2)3)24(22)29-25/h5-9,14,18-19H,1,10-13,15-17H2,2-4H3,(H,27,28,29). The Morgan fingerprint density at radius 1 is 1.17 bits per heavy atom. The molecule has 1 atom stereocenters. The second kappa shape index (κ2) is 10.9. The van der Waals surface area contributed by atoms with Crippen LogP contribution in [-0.4, -0.2) is 64.5 Å². The summed E-state index contributed by atoms with van der Waals surface area (Å²) in [5.74, 6) is 1.39. The summed E-state index contributed by atoms with van der Waals surface area (Å²) >= 11 is 0. The number of amides is 2. The molecule has 186 valence electrons. The van der Waals surface area contributed by atoms with E-state index in [1.165, 1.54) is 11.6 Å². The van der Waals surface area contributed by atoms with Crippen molar-refractivity contribution in [1.29, 1.82) is 0 Å². The van der Waals surface area contributed by atoms with E-state index in [0.29, 0.717) is 18.3 Å². The second-order valence-electron chi connectivity index (χ2n) is 9.51. The lowest BCUT2D eigenvalue weighted by Crippen LogP contribution is -2.47. The van der Waals surface area contributed by atoms with Crippen molar-refractivity contribution in [2.45, 2.75) is 40.0 Å². The Labute approximate surface area is 206 Å². The molecule has 35 heavy (non-hydrogen) atoms. The van der Waals surface area contributed by atoms with E-state index in [0.717, 1.165) is 43.9 Å². The average molecular weight is 479 g/mol. The topological polar surface area (TPSA) is 90.9 Å². The van der Waals surface area contributed by atoms with E-state index in [4.69, 9.17) is 4.74 Å². The SMILES string of the molecule is C=CC(=O)N1CCN(Cc2ccc(C(C)Nc3ncc4c(n3)N(CC(C)C)C(=O)OC4)cc2)CC1. The van der Waals surface area contributed by atoms with Gasteiger partial charge in [-0.15, -0.1) is 0 Å². The number of aromatic nitrogens is 2. The number of hydrogen-bond acceptors (Lipinski definition) is 7. The summed E-state index contributed by atoms with van der Waals surface area (Å²) in [4.78, 5) is 38.9. The van der Waals surface area contributed by atoms with Gasteiger partial charge in [-0.05, 0) is 30.0 Å². The number of nitrogens with zero attached hydrogens (tertiary/aromatic N) is 5. The molecule has 1 unspecified atom stereocenters. The Balaban J connectivity index is 1.36. The predicted octanol–water partition coefficient (Wildman–Crippen LogP) is 3.59. The molecular weight excluding hydrogens is 444 g/mol. The lowest BCUT2D eigenvalue weighted by Gasteiger charge is -2.34. The minimum atomic E-state index is -0.367. The number of rotatable bonds is 8. The predicted molar refractivity (Wildman–Crippen MR) is 135 cm³/mol. The van der Waals surface area contributed by atoms with Gasteiger partial charge in [0, 0.05) is 45.5 Å². The van der Waals surface area contributed by atoms with Crippen molar-refractivity contribution < 1.29 is 14.3 Å². The maximum absolute atomic E-state index is 12.3. The first-order valence-corrected chi connectivity index (χ1v) is 12.1. The van der Waals surface area contributed by atoms with Crippen LogP contribution in [0.4, 0.5) is 16.6 Å². The zero-order chi connectivity index (χ0) is 24.9. The van der Waals surface area contributed by atoms with Crippen LogP contribution in [0.3, 0.4) is 0 Å². The van der Waals surface area contributed by atoms with Crippen LogP contribution in [0.15, 0.2) is 43.1 Å². The van der Waals surface area contributed by atoms with Gasteiger partial charge in [0.25, 0.3) is 0 Å². The minimum Gasteiger partial charge on any atom is -0.444 e. The zero-order valence-electron chi connectivity index (χ0n) is 20.7. The highest BCUT2D eigenvalue weighted by atomic mass is 16.6. The summed E-state index contributed by atoms with van der Waals surface area (Å²) in [6.45, 7) is 14.5. The summed E-state index contributed by atoms with van der Waals surface area (Å²) in [5, 5.41) is 3.36. The highest BCUT2D eigenvalue weighted by molar-refractivity contribution is 5.89. The van der Waals surface area contributed by atoms with Gasteiger partial charge in [0.05, 0.1) is 11.6 Å². The first-order valence-electron chi connectivity index (χ1n) is 12.1. The van der Waals surface area contributed by atoms with E-state index in [1.807, 2.05) is 4.90 Å². The Morgan fingerprint density at radius 3 is 2.54 bits per heavy atom. The zero-order valence-corrected chi connectivity index (χ0v) is 20.7. The number of nitrogens with one attached hydrogen (secondary N) is 1. The number of cyclic esters (lactones) is 1. The van der Waals surface area contributed by atoms with E-state index >= 15 is 0 Å². The fourth-order valence-electron chi connectivity index (χ4n) is 4.34. The maximum atomic E-state index is 12.3. The summed E-state index contributed by atoms with van der Waals surface area (Å²) in [6.07, 6.45) is 2.74. The van der Waals surface area contributed by atoms with Crippen molar-refractivity contribution in [1.82, 2.24) is 19.8 Å². The molecular formula is C26H34N6O3. The molecule has 0 spiro atoms. The van der Waals surface area contributed by atoms with Gasteiger partial charge >= 0.3 is 6.09 Å². The smallest absolute Gasteiger partial charge is 0.415 e. The number of anilines is 2. The number of fused-ring (bicyclic) bond motifs is 1. The third-order valence-electron chi connectivity index (χ3n) is 6.31. The first kappa shape index (κ1) is 24.7. The summed E-state index contributed by atoms with van der Waals surface area (Å²) < 4.78 is 5.26. The minimum absolute atomic E-state index is 0.00552. The maximum Gasteiger partial charge on any atom is 0.415 e. The molecule has 4 rings (SSSR count). The Kier molecular flexibility index (Phi) is 7.65. The van der Waals surface area contributed by atoms with Crippen LogP contribution >= 0.6 is 0 Å². The lowest BCUT2D eigenvalue weighted by molar-refractivity contribution is -0.127. The van der Waals surface area contributed by atoms with Crippen LogP contribution in [0, 0.1) is 5.92 Å². The van der Waals surface area contributed by atoms with E-state index in [9.17, 15) is 9.59 Å². The van der Waals surface area contributed by atoms with E-state index in [1.54, 1.807) is 11.1 Å². The molecule has 2 aromatic rings. The van der Waals surface area contributed by atoms with Gasteiger partial charge in [0.15, 0.2) is 0 Å². The fourth-order valence-corrected chi connectivity index (χ4v) is 4.34. The molecule has 9 heteroatoms. The molecule has 0 aliphatic carbocycles. The third kappa shape index (κ3) is 5.97. The van der Waals surface area contributed by atoms with Gasteiger partial charge in [0.1, 0.15) is 12.4 Å². The van der Waals surface area contributed by atoms with Crippen molar-refractivity contribution in [3.63, 3.8) is 0 Å². The number of piperazine rings is 1. The molecule has 2 amide bonds. The molecule has 0 radical (unpaired) electrons. The van der Waals surface area contributed by atoms with Gasteiger partial charge < -0.3 is 15.0 Å². The number of ether oxygens (including phenoxy) is 1. The normalized spacial score (nSPS) is 17.1. The molecule has 1 fully saturated rings. The van der Waals surface area contributed by atoms with Gasteiger partial charge in [-0.3, -0.25) is 14.6 Å². The Morgan fingerprint density at radius 2 is 1.89 bits per heavy atom. The molecule has 1 N–H and O–H groups in total. The number of carbonyl (C=O) groups excluding carboxylic acids is 2. The van der Waals surface area contributed by atoms with Crippen molar-refractivity contribution in [2.75, 3.05) is 42.9 Å². The molecule has 1 aromatic carbocycles. The monoisotopic (exact) mass is 478 g/mol. The van der Waals surface area contributed by atoms with E-state index in [2.05, 4.69) is 71.8 Å². The van der Waals surface area contributed by atoms with Crippen LogP contribution in [0.2, 0.25) is 0 Å². The summed E-state index contributed by atoms with van der Waals surface area (Å²) in [7, 11) is 0. The van der Waals surface area contributed by atoms with Crippen molar-refractivity contribution in [3.05, 3.63) is 59.8 Å². The molecule has 3 heterocycles. The highest BCUT2D eigenvalue weighted by Gasteiger charge is 2.28. The van der Waals surface area contributed by atoms with Crippen LogP contribution in [0.25, 0.3) is 0 Å². The number of carbonyl (C=O) groups is 2. The number of hydrogen-bond donors (Lipinski definition) is 1. The molecule has 9 nitrogen and oxygen atoms in total. The van der Waals surface area contributed by atoms with Crippen molar-refractivity contribution in [2.24, 2.45) is 5.92 Å². The molecule has 1 saturated heterocycles. The molecule has 0 saturated carbocycles. The van der Waals surface area contributed by atoms with Crippen LogP contribution in [0.1, 0.15) is 43.5 Å². The Hall–Kier alpha value is -3.46. The third-order valence-corrected chi connectivity index (χ3v) is 6.31. The molecule has 2 aliphatic rings. The molecule has 0 bridgehead atoms. The van der Waals surface area contributed by atoms with Gasteiger partial charge in [-0.2, -0.15) is 4.98 Å². The lowest BCUT2D eigenvalue weighted by atomic mass is 10.1. The summed E-state index contributed by atoms with van der Waals surface area (Å²) in [6, 6.07) is 8.51. The van der Waals surface area contributed by atoms with Gasteiger partial charge in [-0.25, -0.2) is 9.78 Å². The molecule has 2 aliphatic heterocycles. The highest BCUT2D eigenvalue weighted by Crippen LogP contribution is 2.27. The van der Waals surface area contributed by atoms with Gasteiger partial charge in [0.2, 0.25) is 11.9 Å². The largest absolute Gasteiger partial charge is 0.444 e. The average Bonchev–Trinajstić information content (AvgIpc) is 2.86. The van der Waals surface area contributed by atoms with E-state index < -0.39 is 0 Å².